The third-order valence-corrected chi connectivity index (χ3v) is 4.50. The van der Waals surface area contributed by atoms with E-state index in [-0.39, 0.29) is 25.4 Å². The van der Waals surface area contributed by atoms with Crippen molar-refractivity contribution in [2.75, 3.05) is 13.2 Å². The van der Waals surface area contributed by atoms with Gasteiger partial charge in [-0.1, -0.05) is 51.3 Å². The predicted octanol–water partition coefficient (Wildman–Crippen LogP) is 4.61. The van der Waals surface area contributed by atoms with E-state index in [0.29, 0.717) is 24.3 Å². The Morgan fingerprint density at radius 2 is 1.20 bits per heavy atom. The molecule has 0 fully saturated rings. The molecule has 2 atom stereocenters. The summed E-state index contributed by atoms with van der Waals surface area (Å²) in [6.07, 6.45) is 2.80. The predicted molar refractivity (Wildman–Crippen MR) is 116 cm³/mol. The van der Waals surface area contributed by atoms with Crippen LogP contribution in [0.2, 0.25) is 0 Å². The molecular formula is C24H28O6. The average molecular weight is 412 g/mol. The Balaban J connectivity index is 2.14. The molecule has 0 saturated heterocycles. The molecule has 2 aromatic carbocycles. The lowest BCUT2D eigenvalue weighted by Gasteiger charge is -2.19. The van der Waals surface area contributed by atoms with E-state index in [1.807, 2.05) is 50.2 Å². The topological polar surface area (TPSA) is 71.1 Å². The van der Waals surface area contributed by atoms with E-state index in [0.717, 1.165) is 22.9 Å². The van der Waals surface area contributed by atoms with Crippen molar-refractivity contribution in [2.24, 2.45) is 0 Å². The molecule has 6 nitrogen and oxygen atoms in total. The smallest absolute Gasteiger partial charge is 0.330 e. The molecule has 0 aliphatic rings. The minimum absolute atomic E-state index is 0.232. The fraction of sp³-hybridized carbons (Fsp3) is 0.333. The molecule has 0 aromatic heterocycles. The van der Waals surface area contributed by atoms with Crippen molar-refractivity contribution in [3.63, 3.8) is 0 Å². The van der Waals surface area contributed by atoms with Gasteiger partial charge in [0.15, 0.2) is 0 Å². The quantitative estimate of drug-likeness (QED) is 0.374. The Morgan fingerprint density at radius 3 is 1.53 bits per heavy atom. The molecular weight excluding hydrogens is 384 g/mol. The summed E-state index contributed by atoms with van der Waals surface area (Å²) in [6, 6.07) is 11.3. The molecule has 160 valence electrons. The number of ether oxygens (including phenoxy) is 4. The third-order valence-electron chi connectivity index (χ3n) is 4.50. The summed E-state index contributed by atoms with van der Waals surface area (Å²) < 4.78 is 22.4. The molecule has 0 aliphatic heterocycles. The fourth-order valence-electron chi connectivity index (χ4n) is 2.76. The fourth-order valence-corrected chi connectivity index (χ4v) is 2.76. The molecule has 0 bridgehead atoms. The molecule has 30 heavy (non-hydrogen) atoms. The van der Waals surface area contributed by atoms with Crippen LogP contribution in [0.15, 0.2) is 61.7 Å². The monoisotopic (exact) mass is 412 g/mol. The first kappa shape index (κ1) is 23.0. The molecule has 2 rings (SSSR count). The zero-order chi connectivity index (χ0) is 21.9. The van der Waals surface area contributed by atoms with E-state index in [1.54, 1.807) is 0 Å². The van der Waals surface area contributed by atoms with Crippen LogP contribution in [0, 0.1) is 0 Å². The summed E-state index contributed by atoms with van der Waals surface area (Å²) >= 11 is 0. The first-order chi connectivity index (χ1) is 14.5. The number of fused-ring (bicyclic) bond motifs is 1. The molecule has 6 heteroatoms. The van der Waals surface area contributed by atoms with Gasteiger partial charge in [0.05, 0.1) is 0 Å². The van der Waals surface area contributed by atoms with E-state index < -0.39 is 11.9 Å². The molecule has 0 radical (unpaired) electrons. The summed E-state index contributed by atoms with van der Waals surface area (Å²) in [6.45, 7) is 11.1. The number of hydrogen-bond acceptors (Lipinski definition) is 6. The number of benzene rings is 2. The van der Waals surface area contributed by atoms with E-state index in [1.165, 1.54) is 0 Å². The van der Waals surface area contributed by atoms with Gasteiger partial charge in [-0.25, -0.2) is 9.59 Å². The van der Waals surface area contributed by atoms with E-state index >= 15 is 0 Å². The number of rotatable bonds is 12. The zero-order valence-electron chi connectivity index (χ0n) is 17.5. The van der Waals surface area contributed by atoms with Crippen LogP contribution in [0.4, 0.5) is 0 Å². The van der Waals surface area contributed by atoms with Crippen LogP contribution < -0.4 is 9.47 Å². The summed E-state index contributed by atoms with van der Waals surface area (Å²) in [5.41, 5.74) is 0. The highest BCUT2D eigenvalue weighted by atomic mass is 16.6. The number of hydrogen-bond donors (Lipinski definition) is 0. The summed E-state index contributed by atoms with van der Waals surface area (Å²) in [5, 5.41) is 1.74. The first-order valence-electron chi connectivity index (χ1n) is 9.95. The Labute approximate surface area is 177 Å². The molecule has 2 unspecified atom stereocenters. The van der Waals surface area contributed by atoms with Gasteiger partial charge in [0.25, 0.3) is 0 Å². The molecule has 2 aromatic rings. The van der Waals surface area contributed by atoms with E-state index in [4.69, 9.17) is 18.9 Å². The number of esters is 2. The Hall–Kier alpha value is -3.28. The Kier molecular flexibility index (Phi) is 8.94. The second-order valence-corrected chi connectivity index (χ2v) is 6.57. The Bertz CT molecular complexity index is 816. The highest BCUT2D eigenvalue weighted by molar-refractivity contribution is 5.93. The summed E-state index contributed by atoms with van der Waals surface area (Å²) in [7, 11) is 0. The maximum atomic E-state index is 11.4. The Morgan fingerprint density at radius 1 is 0.800 bits per heavy atom. The highest BCUT2D eigenvalue weighted by Gasteiger charge is 2.15. The largest absolute Gasteiger partial charge is 0.489 e. The lowest BCUT2D eigenvalue weighted by Crippen LogP contribution is -2.24. The SMILES string of the molecule is C=CC(=O)OC(CC)COc1ccc(OCC(CC)OC(=O)C=C)c2ccccc12. The van der Waals surface area contributed by atoms with Crippen molar-refractivity contribution in [3.8, 4) is 11.5 Å². The van der Waals surface area contributed by atoms with Crippen molar-refractivity contribution in [3.05, 3.63) is 61.7 Å². The minimum atomic E-state index is -0.471. The average Bonchev–Trinajstić information content (AvgIpc) is 2.79. The lowest BCUT2D eigenvalue weighted by molar-refractivity contribution is -0.145. The maximum absolute atomic E-state index is 11.4. The van der Waals surface area contributed by atoms with Gasteiger partial charge >= 0.3 is 11.9 Å². The van der Waals surface area contributed by atoms with Crippen LogP contribution in [0.5, 0.6) is 11.5 Å². The van der Waals surface area contributed by atoms with Crippen molar-refractivity contribution in [2.45, 2.75) is 38.9 Å². The highest BCUT2D eigenvalue weighted by Crippen LogP contribution is 2.33. The van der Waals surface area contributed by atoms with Gasteiger partial charge < -0.3 is 18.9 Å². The van der Waals surface area contributed by atoms with Crippen molar-refractivity contribution >= 4 is 22.7 Å². The molecule has 0 heterocycles. The van der Waals surface area contributed by atoms with Crippen LogP contribution in [-0.4, -0.2) is 37.4 Å². The van der Waals surface area contributed by atoms with Crippen LogP contribution >= 0.6 is 0 Å². The second kappa shape index (κ2) is 11.7. The summed E-state index contributed by atoms with van der Waals surface area (Å²) in [4.78, 5) is 22.9. The van der Waals surface area contributed by atoms with Crippen LogP contribution in [0.25, 0.3) is 10.8 Å². The normalized spacial score (nSPS) is 12.5. The van der Waals surface area contributed by atoms with Gasteiger partial charge in [0.1, 0.15) is 36.9 Å². The van der Waals surface area contributed by atoms with Crippen molar-refractivity contribution in [1.29, 1.82) is 0 Å². The van der Waals surface area contributed by atoms with Gasteiger partial charge in [-0.05, 0) is 25.0 Å². The van der Waals surface area contributed by atoms with Gasteiger partial charge in [-0.3, -0.25) is 0 Å². The van der Waals surface area contributed by atoms with Gasteiger partial charge in [-0.15, -0.1) is 0 Å². The lowest BCUT2D eigenvalue weighted by atomic mass is 10.1. The van der Waals surface area contributed by atoms with Gasteiger partial charge in [-0.2, -0.15) is 0 Å². The molecule has 0 saturated carbocycles. The molecule has 0 amide bonds. The second-order valence-electron chi connectivity index (χ2n) is 6.57. The number of carbonyl (C=O) groups is 2. The van der Waals surface area contributed by atoms with Crippen LogP contribution in [0.3, 0.4) is 0 Å². The van der Waals surface area contributed by atoms with Gasteiger partial charge in [0, 0.05) is 22.9 Å². The molecule has 0 aliphatic carbocycles. The zero-order valence-corrected chi connectivity index (χ0v) is 17.5. The van der Waals surface area contributed by atoms with E-state index in [2.05, 4.69) is 13.2 Å². The summed E-state index contributed by atoms with van der Waals surface area (Å²) in [5.74, 6) is 0.385. The number of carbonyl (C=O) groups excluding carboxylic acids is 2. The first-order valence-corrected chi connectivity index (χ1v) is 9.95. The third kappa shape index (κ3) is 6.37. The van der Waals surface area contributed by atoms with E-state index in [9.17, 15) is 9.59 Å². The minimum Gasteiger partial charge on any atom is -0.489 e. The molecule has 0 spiro atoms. The van der Waals surface area contributed by atoms with Crippen LogP contribution in [0.1, 0.15) is 26.7 Å². The van der Waals surface area contributed by atoms with Crippen LogP contribution in [-0.2, 0) is 19.1 Å². The molecule has 0 N–H and O–H groups in total. The maximum Gasteiger partial charge on any atom is 0.330 e. The van der Waals surface area contributed by atoms with Gasteiger partial charge in [0.2, 0.25) is 0 Å². The van der Waals surface area contributed by atoms with Crippen molar-refractivity contribution in [1.82, 2.24) is 0 Å². The van der Waals surface area contributed by atoms with Crippen molar-refractivity contribution < 1.29 is 28.5 Å². The standard InChI is InChI=1S/C24H28O6/c1-5-17(29-23(25)7-3)15-27-21-13-14-22(20-12-10-9-11-19(20)21)28-16-18(6-2)30-24(26)8-4/h7-14,17-18H,3-6,15-16H2,1-2H3.